The van der Waals surface area contributed by atoms with Gasteiger partial charge in [-0.2, -0.15) is 0 Å². The third-order valence-corrected chi connectivity index (χ3v) is 4.95. The molecule has 0 saturated carbocycles. The number of nitro groups is 1. The number of aromatic nitrogens is 1. The summed E-state index contributed by atoms with van der Waals surface area (Å²) in [4.78, 5) is 41.4. The van der Waals surface area contributed by atoms with Crippen molar-refractivity contribution in [3.63, 3.8) is 0 Å². The first kappa shape index (κ1) is 21.2. The van der Waals surface area contributed by atoms with Crippen molar-refractivity contribution in [3.05, 3.63) is 64.0 Å². The van der Waals surface area contributed by atoms with Crippen LogP contribution in [0.25, 0.3) is 0 Å². The van der Waals surface area contributed by atoms with Crippen molar-refractivity contribution in [2.75, 3.05) is 18.4 Å². The molecule has 1 aliphatic rings. The van der Waals surface area contributed by atoms with Crippen molar-refractivity contribution in [1.29, 1.82) is 0 Å². The first-order valence-corrected chi connectivity index (χ1v) is 9.90. The first-order valence-electron chi connectivity index (χ1n) is 9.90. The van der Waals surface area contributed by atoms with Gasteiger partial charge in [-0.15, -0.1) is 0 Å². The minimum Gasteiger partial charge on any atom is -0.377 e. The van der Waals surface area contributed by atoms with Crippen molar-refractivity contribution in [1.82, 2.24) is 15.2 Å². The van der Waals surface area contributed by atoms with Gasteiger partial charge in [0, 0.05) is 54.8 Å². The van der Waals surface area contributed by atoms with Gasteiger partial charge in [-0.1, -0.05) is 0 Å². The van der Waals surface area contributed by atoms with Crippen LogP contribution >= 0.6 is 0 Å². The summed E-state index contributed by atoms with van der Waals surface area (Å²) in [6.45, 7) is 4.77. The summed E-state index contributed by atoms with van der Waals surface area (Å²) >= 11 is 0. The highest BCUT2D eigenvalue weighted by atomic mass is 16.6. The van der Waals surface area contributed by atoms with Gasteiger partial charge in [0.05, 0.1) is 4.92 Å². The molecule has 1 aromatic carbocycles. The zero-order valence-corrected chi connectivity index (χ0v) is 17.0. The Morgan fingerprint density at radius 2 is 1.80 bits per heavy atom. The molecule has 1 saturated heterocycles. The molecule has 9 heteroatoms. The minimum atomic E-state index is -0.490. The van der Waals surface area contributed by atoms with Crippen LogP contribution in [0, 0.1) is 10.1 Å². The van der Waals surface area contributed by atoms with Crippen LogP contribution in [0.2, 0.25) is 0 Å². The van der Waals surface area contributed by atoms with Crippen molar-refractivity contribution < 1.29 is 14.5 Å². The standard InChI is InChI=1S/C21H25N5O4/c1-14(2)23-20(27)16-3-4-18(19(13-16)26(29)30)24-17-7-11-25(12-8-17)21(28)15-5-9-22-10-6-15/h3-6,9-10,13-14,17,24H,7-8,11-12H2,1-2H3,(H,23,27). The number of nitro benzene ring substituents is 1. The van der Waals surface area contributed by atoms with E-state index in [1.807, 2.05) is 13.8 Å². The molecule has 30 heavy (non-hydrogen) atoms. The lowest BCUT2D eigenvalue weighted by atomic mass is 10.0. The zero-order chi connectivity index (χ0) is 21.7. The lowest BCUT2D eigenvalue weighted by Crippen LogP contribution is -2.42. The molecule has 9 nitrogen and oxygen atoms in total. The second-order valence-corrected chi connectivity index (χ2v) is 7.56. The number of hydrogen-bond acceptors (Lipinski definition) is 6. The average Bonchev–Trinajstić information content (AvgIpc) is 2.74. The molecular weight excluding hydrogens is 386 g/mol. The number of amides is 2. The molecule has 2 heterocycles. The Labute approximate surface area is 174 Å². The fourth-order valence-electron chi connectivity index (χ4n) is 3.42. The van der Waals surface area contributed by atoms with Crippen LogP contribution in [0.3, 0.4) is 0 Å². The Morgan fingerprint density at radius 1 is 1.13 bits per heavy atom. The summed E-state index contributed by atoms with van der Waals surface area (Å²) in [5, 5.41) is 17.5. The average molecular weight is 411 g/mol. The number of piperidine rings is 1. The Bertz CT molecular complexity index is 924. The van der Waals surface area contributed by atoms with Crippen LogP contribution in [-0.2, 0) is 0 Å². The van der Waals surface area contributed by atoms with E-state index in [4.69, 9.17) is 0 Å². The second-order valence-electron chi connectivity index (χ2n) is 7.56. The van der Waals surface area contributed by atoms with E-state index in [1.165, 1.54) is 6.07 Å². The molecule has 3 rings (SSSR count). The lowest BCUT2D eigenvalue weighted by molar-refractivity contribution is -0.384. The third-order valence-electron chi connectivity index (χ3n) is 4.95. The van der Waals surface area contributed by atoms with E-state index in [1.54, 1.807) is 41.6 Å². The number of rotatable bonds is 6. The Morgan fingerprint density at radius 3 is 2.40 bits per heavy atom. The van der Waals surface area contributed by atoms with Crippen molar-refractivity contribution in [2.24, 2.45) is 0 Å². The molecule has 1 aliphatic heterocycles. The van der Waals surface area contributed by atoms with E-state index in [0.29, 0.717) is 37.2 Å². The van der Waals surface area contributed by atoms with Crippen LogP contribution in [0.5, 0.6) is 0 Å². The predicted octanol–water partition coefficient (Wildman–Crippen LogP) is 2.84. The normalized spacial score (nSPS) is 14.4. The van der Waals surface area contributed by atoms with E-state index in [9.17, 15) is 19.7 Å². The number of likely N-dealkylation sites (tertiary alicyclic amines) is 1. The molecule has 0 aliphatic carbocycles. The lowest BCUT2D eigenvalue weighted by Gasteiger charge is -2.32. The van der Waals surface area contributed by atoms with E-state index in [2.05, 4.69) is 15.6 Å². The summed E-state index contributed by atoms with van der Waals surface area (Å²) in [5.41, 5.74) is 1.09. The van der Waals surface area contributed by atoms with Crippen LogP contribution in [-0.4, -0.2) is 51.8 Å². The molecule has 2 N–H and O–H groups in total. The van der Waals surface area contributed by atoms with Gasteiger partial charge < -0.3 is 15.5 Å². The molecule has 0 unspecified atom stereocenters. The quantitative estimate of drug-likeness (QED) is 0.557. The maximum atomic E-state index is 12.5. The number of benzene rings is 1. The van der Waals surface area contributed by atoms with Gasteiger partial charge in [0.25, 0.3) is 17.5 Å². The van der Waals surface area contributed by atoms with E-state index in [-0.39, 0.29) is 35.1 Å². The summed E-state index contributed by atoms with van der Waals surface area (Å²) in [6.07, 6.45) is 4.52. The van der Waals surface area contributed by atoms with Crippen molar-refractivity contribution >= 4 is 23.2 Å². The van der Waals surface area contributed by atoms with Crippen LogP contribution in [0.4, 0.5) is 11.4 Å². The van der Waals surface area contributed by atoms with Gasteiger partial charge in [0.2, 0.25) is 0 Å². The van der Waals surface area contributed by atoms with Crippen molar-refractivity contribution in [2.45, 2.75) is 38.8 Å². The number of hydrogen-bond donors (Lipinski definition) is 2. The van der Waals surface area contributed by atoms with E-state index in [0.717, 1.165) is 0 Å². The Balaban J connectivity index is 1.65. The highest BCUT2D eigenvalue weighted by molar-refractivity contribution is 5.96. The van der Waals surface area contributed by atoms with Gasteiger partial charge in [0.1, 0.15) is 5.69 Å². The number of carbonyl (C=O) groups excluding carboxylic acids is 2. The fraction of sp³-hybridized carbons (Fsp3) is 0.381. The molecule has 2 aromatic rings. The van der Waals surface area contributed by atoms with Crippen LogP contribution in [0.15, 0.2) is 42.7 Å². The van der Waals surface area contributed by atoms with E-state index < -0.39 is 4.92 Å². The summed E-state index contributed by atoms with van der Waals surface area (Å²) in [6, 6.07) is 7.76. The highest BCUT2D eigenvalue weighted by Crippen LogP contribution is 2.28. The number of nitrogens with one attached hydrogen (secondary N) is 2. The SMILES string of the molecule is CC(C)NC(=O)c1ccc(NC2CCN(C(=O)c3ccncc3)CC2)c([N+](=O)[O-])c1. The zero-order valence-electron chi connectivity index (χ0n) is 17.0. The maximum absolute atomic E-state index is 12.5. The molecular formula is C21H25N5O4. The van der Waals surface area contributed by atoms with Gasteiger partial charge in [0.15, 0.2) is 0 Å². The van der Waals surface area contributed by atoms with Gasteiger partial charge >= 0.3 is 0 Å². The molecule has 158 valence electrons. The predicted molar refractivity (Wildman–Crippen MR) is 112 cm³/mol. The van der Waals surface area contributed by atoms with Crippen molar-refractivity contribution in [3.8, 4) is 0 Å². The summed E-state index contributed by atoms with van der Waals surface area (Å²) < 4.78 is 0. The third kappa shape index (κ3) is 5.11. The largest absolute Gasteiger partial charge is 0.377 e. The maximum Gasteiger partial charge on any atom is 0.293 e. The molecule has 1 fully saturated rings. The summed E-state index contributed by atoms with van der Waals surface area (Å²) in [7, 11) is 0. The topological polar surface area (TPSA) is 117 Å². The first-order chi connectivity index (χ1) is 14.3. The summed E-state index contributed by atoms with van der Waals surface area (Å²) in [5.74, 6) is -0.384. The van der Waals surface area contributed by atoms with E-state index >= 15 is 0 Å². The smallest absolute Gasteiger partial charge is 0.293 e. The monoisotopic (exact) mass is 411 g/mol. The van der Waals surface area contributed by atoms with Gasteiger partial charge in [-0.25, -0.2) is 0 Å². The molecule has 0 bridgehead atoms. The molecule has 0 spiro atoms. The molecule has 1 aromatic heterocycles. The van der Waals surface area contributed by atoms with Crippen LogP contribution < -0.4 is 10.6 Å². The van der Waals surface area contributed by atoms with Crippen LogP contribution in [0.1, 0.15) is 47.4 Å². The molecule has 0 radical (unpaired) electrons. The Hall–Kier alpha value is -3.49. The minimum absolute atomic E-state index is 0.000491. The second kappa shape index (κ2) is 9.34. The molecule has 2 amide bonds. The number of anilines is 1. The number of nitrogens with zero attached hydrogens (tertiary/aromatic N) is 3. The fourth-order valence-corrected chi connectivity index (χ4v) is 3.42. The Kier molecular flexibility index (Phi) is 6.61. The highest BCUT2D eigenvalue weighted by Gasteiger charge is 2.26. The van der Waals surface area contributed by atoms with Gasteiger partial charge in [-0.05, 0) is 51.0 Å². The van der Waals surface area contributed by atoms with Gasteiger partial charge in [-0.3, -0.25) is 24.7 Å². The number of pyridine rings is 1. The molecule has 0 atom stereocenters. The number of carbonyl (C=O) groups is 2.